The lowest BCUT2D eigenvalue weighted by atomic mass is 10.0. The van der Waals surface area contributed by atoms with E-state index in [2.05, 4.69) is 17.9 Å². The van der Waals surface area contributed by atoms with Crippen LogP contribution in [0.1, 0.15) is 24.9 Å². The molecule has 4 heteroatoms. The second-order valence-electron chi connectivity index (χ2n) is 5.28. The standard InChI is InChI=1S/C15H24N2O2/c1-11-6-7-17(15(11)10-18)14(9-16)12-4-3-5-13(8-12)19-2/h3-5,8,11,14-15,18H,6-7,9-10,16H2,1-2H3. The molecule has 3 N–H and O–H groups in total. The van der Waals surface area contributed by atoms with Crippen molar-refractivity contribution in [1.29, 1.82) is 0 Å². The van der Waals surface area contributed by atoms with Crippen molar-refractivity contribution >= 4 is 0 Å². The van der Waals surface area contributed by atoms with Gasteiger partial charge in [-0.15, -0.1) is 0 Å². The summed E-state index contributed by atoms with van der Waals surface area (Å²) >= 11 is 0. The number of ether oxygens (including phenoxy) is 1. The Hall–Kier alpha value is -1.10. The molecule has 1 aliphatic rings. The van der Waals surface area contributed by atoms with Gasteiger partial charge in [0.15, 0.2) is 0 Å². The third-order valence-corrected chi connectivity index (χ3v) is 4.21. The van der Waals surface area contributed by atoms with E-state index in [9.17, 15) is 5.11 Å². The number of aliphatic hydroxyl groups excluding tert-OH is 1. The minimum absolute atomic E-state index is 0.150. The summed E-state index contributed by atoms with van der Waals surface area (Å²) in [4.78, 5) is 2.33. The van der Waals surface area contributed by atoms with Gasteiger partial charge in [-0.1, -0.05) is 19.1 Å². The number of hydrogen-bond donors (Lipinski definition) is 2. The molecule has 1 aromatic rings. The summed E-state index contributed by atoms with van der Waals surface area (Å²) in [5.41, 5.74) is 7.14. The average Bonchev–Trinajstić information content (AvgIpc) is 2.81. The lowest BCUT2D eigenvalue weighted by Gasteiger charge is -2.33. The molecule has 1 aliphatic heterocycles. The summed E-state index contributed by atoms with van der Waals surface area (Å²) in [5, 5.41) is 9.59. The highest BCUT2D eigenvalue weighted by Crippen LogP contribution is 2.33. The normalized spacial score (nSPS) is 25.5. The van der Waals surface area contributed by atoms with E-state index in [1.165, 1.54) is 0 Å². The molecular formula is C15H24N2O2. The predicted octanol–water partition coefficient (Wildman–Crippen LogP) is 1.40. The molecule has 4 nitrogen and oxygen atoms in total. The van der Waals surface area contributed by atoms with Crippen LogP contribution < -0.4 is 10.5 Å². The molecule has 1 saturated heterocycles. The Labute approximate surface area is 115 Å². The molecule has 1 heterocycles. The molecule has 0 radical (unpaired) electrons. The Morgan fingerprint density at radius 1 is 1.53 bits per heavy atom. The topological polar surface area (TPSA) is 58.7 Å². The van der Waals surface area contributed by atoms with E-state index in [-0.39, 0.29) is 18.7 Å². The summed E-state index contributed by atoms with van der Waals surface area (Å²) in [6.07, 6.45) is 1.12. The number of aliphatic hydroxyl groups is 1. The van der Waals surface area contributed by atoms with Crippen molar-refractivity contribution in [3.05, 3.63) is 29.8 Å². The van der Waals surface area contributed by atoms with Gasteiger partial charge in [0.05, 0.1) is 13.7 Å². The van der Waals surface area contributed by atoms with Crippen LogP contribution in [0.5, 0.6) is 5.75 Å². The van der Waals surface area contributed by atoms with Crippen molar-refractivity contribution < 1.29 is 9.84 Å². The van der Waals surface area contributed by atoms with E-state index in [0.29, 0.717) is 12.5 Å². The minimum atomic E-state index is 0.150. The van der Waals surface area contributed by atoms with Gasteiger partial charge in [-0.05, 0) is 36.6 Å². The Morgan fingerprint density at radius 2 is 2.32 bits per heavy atom. The van der Waals surface area contributed by atoms with E-state index in [1.54, 1.807) is 7.11 Å². The van der Waals surface area contributed by atoms with Crippen LogP contribution in [0.4, 0.5) is 0 Å². The molecule has 1 fully saturated rings. The molecule has 106 valence electrons. The van der Waals surface area contributed by atoms with Crippen LogP contribution in [-0.4, -0.2) is 42.9 Å². The van der Waals surface area contributed by atoms with Crippen LogP contribution in [0, 0.1) is 5.92 Å². The molecule has 0 saturated carbocycles. The number of methoxy groups -OCH3 is 1. The van der Waals surface area contributed by atoms with E-state index < -0.39 is 0 Å². The monoisotopic (exact) mass is 264 g/mol. The molecule has 3 atom stereocenters. The zero-order valence-corrected chi connectivity index (χ0v) is 11.7. The maximum absolute atomic E-state index is 9.59. The second-order valence-corrected chi connectivity index (χ2v) is 5.28. The molecule has 19 heavy (non-hydrogen) atoms. The first-order valence-corrected chi connectivity index (χ1v) is 6.91. The fourth-order valence-corrected chi connectivity index (χ4v) is 3.02. The fourth-order valence-electron chi connectivity index (χ4n) is 3.02. The molecule has 0 aliphatic carbocycles. The highest BCUT2D eigenvalue weighted by Gasteiger charge is 2.35. The van der Waals surface area contributed by atoms with Gasteiger partial charge in [0.25, 0.3) is 0 Å². The van der Waals surface area contributed by atoms with E-state index in [1.807, 2.05) is 18.2 Å². The summed E-state index contributed by atoms with van der Waals surface area (Å²) in [5.74, 6) is 1.37. The Kier molecular flexibility index (Phi) is 4.80. The van der Waals surface area contributed by atoms with Gasteiger partial charge in [0, 0.05) is 18.6 Å². The third kappa shape index (κ3) is 2.91. The number of rotatable bonds is 5. The van der Waals surface area contributed by atoms with Crippen LogP contribution in [-0.2, 0) is 0 Å². The van der Waals surface area contributed by atoms with E-state index >= 15 is 0 Å². The SMILES string of the molecule is COc1cccc(C(CN)N2CCC(C)C2CO)c1. The van der Waals surface area contributed by atoms with Crippen LogP contribution in [0.2, 0.25) is 0 Å². The molecule has 3 unspecified atom stereocenters. The first kappa shape index (κ1) is 14.3. The maximum atomic E-state index is 9.59. The number of nitrogens with zero attached hydrogens (tertiary/aromatic N) is 1. The number of nitrogens with two attached hydrogens (primary N) is 1. The van der Waals surface area contributed by atoms with Crippen LogP contribution in [0.25, 0.3) is 0 Å². The second kappa shape index (κ2) is 6.37. The molecular weight excluding hydrogens is 240 g/mol. The van der Waals surface area contributed by atoms with Crippen molar-refractivity contribution in [1.82, 2.24) is 4.90 Å². The Morgan fingerprint density at radius 3 is 2.95 bits per heavy atom. The van der Waals surface area contributed by atoms with Gasteiger partial charge in [0.2, 0.25) is 0 Å². The van der Waals surface area contributed by atoms with Crippen molar-refractivity contribution in [2.45, 2.75) is 25.4 Å². The molecule has 0 bridgehead atoms. The van der Waals surface area contributed by atoms with E-state index in [0.717, 1.165) is 24.3 Å². The van der Waals surface area contributed by atoms with Crippen LogP contribution >= 0.6 is 0 Å². The molecule has 2 rings (SSSR count). The summed E-state index contributed by atoms with van der Waals surface area (Å²) in [6, 6.07) is 8.40. The van der Waals surface area contributed by atoms with Crippen molar-refractivity contribution in [3.63, 3.8) is 0 Å². The van der Waals surface area contributed by atoms with Gasteiger partial charge in [-0.2, -0.15) is 0 Å². The van der Waals surface area contributed by atoms with Crippen LogP contribution in [0.3, 0.4) is 0 Å². The van der Waals surface area contributed by atoms with Gasteiger partial charge in [0.1, 0.15) is 5.75 Å². The number of likely N-dealkylation sites (tertiary alicyclic amines) is 1. The molecule has 0 amide bonds. The van der Waals surface area contributed by atoms with Crippen molar-refractivity contribution in [3.8, 4) is 5.75 Å². The molecule has 0 aromatic heterocycles. The maximum Gasteiger partial charge on any atom is 0.119 e. The zero-order chi connectivity index (χ0) is 13.8. The quantitative estimate of drug-likeness (QED) is 0.844. The summed E-state index contributed by atoms with van der Waals surface area (Å²) in [6.45, 7) is 3.93. The zero-order valence-electron chi connectivity index (χ0n) is 11.7. The number of hydrogen-bond acceptors (Lipinski definition) is 4. The van der Waals surface area contributed by atoms with Crippen molar-refractivity contribution in [2.75, 3.05) is 26.8 Å². The highest BCUT2D eigenvalue weighted by molar-refractivity contribution is 5.31. The lowest BCUT2D eigenvalue weighted by Crippen LogP contribution is -2.41. The van der Waals surface area contributed by atoms with Crippen LogP contribution in [0.15, 0.2) is 24.3 Å². The first-order chi connectivity index (χ1) is 9.21. The molecule has 1 aromatic carbocycles. The summed E-state index contributed by atoms with van der Waals surface area (Å²) in [7, 11) is 1.67. The third-order valence-electron chi connectivity index (χ3n) is 4.21. The summed E-state index contributed by atoms with van der Waals surface area (Å²) < 4.78 is 5.28. The van der Waals surface area contributed by atoms with Gasteiger partial charge >= 0.3 is 0 Å². The largest absolute Gasteiger partial charge is 0.497 e. The Bertz CT molecular complexity index is 411. The fraction of sp³-hybridized carbons (Fsp3) is 0.600. The smallest absolute Gasteiger partial charge is 0.119 e. The predicted molar refractivity (Wildman–Crippen MR) is 76.2 cm³/mol. The van der Waals surface area contributed by atoms with Gasteiger partial charge in [-0.25, -0.2) is 0 Å². The van der Waals surface area contributed by atoms with Gasteiger partial charge in [-0.3, -0.25) is 4.90 Å². The molecule has 0 spiro atoms. The number of benzene rings is 1. The lowest BCUT2D eigenvalue weighted by molar-refractivity contribution is 0.105. The first-order valence-electron chi connectivity index (χ1n) is 6.91. The van der Waals surface area contributed by atoms with Crippen molar-refractivity contribution in [2.24, 2.45) is 11.7 Å². The van der Waals surface area contributed by atoms with Gasteiger partial charge < -0.3 is 15.6 Å². The highest BCUT2D eigenvalue weighted by atomic mass is 16.5. The van der Waals surface area contributed by atoms with E-state index in [4.69, 9.17) is 10.5 Å². The minimum Gasteiger partial charge on any atom is -0.497 e. The Balaban J connectivity index is 2.23. The average molecular weight is 264 g/mol.